The SMILES string of the molecule is CC(C)C[C@H](NC(=O)c1ccc2c(c1)Nc1ccccc1O2)C(=O)N[C@@H](CC(C)C)C(=O)N[C@H]1CCOC1O. The number of rotatable bonds is 10. The van der Waals surface area contributed by atoms with Crippen LogP contribution in [0.4, 0.5) is 11.4 Å². The highest BCUT2D eigenvalue weighted by Gasteiger charge is 2.33. The highest BCUT2D eigenvalue weighted by Crippen LogP contribution is 2.41. The highest BCUT2D eigenvalue weighted by molar-refractivity contribution is 5.99. The minimum atomic E-state index is -1.07. The molecule has 3 amide bonds. The molecule has 4 rings (SSSR count). The second-order valence-electron chi connectivity index (χ2n) is 10.9. The van der Waals surface area contributed by atoms with Crippen LogP contribution in [-0.2, 0) is 14.3 Å². The van der Waals surface area contributed by atoms with E-state index in [0.717, 1.165) is 5.69 Å². The second-order valence-corrected chi connectivity index (χ2v) is 10.9. The van der Waals surface area contributed by atoms with Crippen molar-refractivity contribution in [2.24, 2.45) is 11.8 Å². The van der Waals surface area contributed by atoms with Crippen LogP contribution < -0.4 is 26.0 Å². The van der Waals surface area contributed by atoms with Gasteiger partial charge in [0, 0.05) is 5.56 Å². The summed E-state index contributed by atoms with van der Waals surface area (Å²) in [6.07, 6.45) is 0.222. The number of nitrogens with one attached hydrogen (secondary N) is 4. The third-order valence-electron chi connectivity index (χ3n) is 6.68. The van der Waals surface area contributed by atoms with Crippen LogP contribution in [0.15, 0.2) is 42.5 Å². The summed E-state index contributed by atoms with van der Waals surface area (Å²) in [6.45, 7) is 8.19. The Labute approximate surface area is 228 Å². The molecule has 2 heterocycles. The molecule has 1 unspecified atom stereocenters. The monoisotopic (exact) mass is 538 g/mol. The number of carbonyl (C=O) groups is 3. The van der Waals surface area contributed by atoms with E-state index in [2.05, 4.69) is 21.3 Å². The van der Waals surface area contributed by atoms with Gasteiger partial charge in [0.25, 0.3) is 5.91 Å². The Morgan fingerprint density at radius 1 is 0.923 bits per heavy atom. The van der Waals surface area contributed by atoms with E-state index in [9.17, 15) is 19.5 Å². The smallest absolute Gasteiger partial charge is 0.252 e. The summed E-state index contributed by atoms with van der Waals surface area (Å²) in [5.74, 6) is 0.304. The van der Waals surface area contributed by atoms with Gasteiger partial charge in [-0.05, 0) is 61.4 Å². The zero-order valence-electron chi connectivity index (χ0n) is 22.8. The van der Waals surface area contributed by atoms with Crippen LogP contribution in [0.5, 0.6) is 11.5 Å². The standard InChI is InChI=1S/C29H38N4O6/c1-16(2)13-22(28(36)33-23(14-17(3)4)27(35)31-20-11-12-38-29(20)37)32-26(34)18-9-10-25-21(15-18)30-19-7-5-6-8-24(19)39-25/h5-10,15-17,20,22-23,29-30,37H,11-14H2,1-4H3,(H,31,35)(H,32,34)(H,33,36)/t20-,22-,23-,29?/m0/s1. The van der Waals surface area contributed by atoms with Crippen LogP contribution in [0.3, 0.4) is 0 Å². The Morgan fingerprint density at radius 3 is 2.26 bits per heavy atom. The molecule has 2 aliphatic heterocycles. The summed E-state index contributed by atoms with van der Waals surface area (Å²) in [4.78, 5) is 39.7. The van der Waals surface area contributed by atoms with E-state index in [1.165, 1.54) is 0 Å². The van der Waals surface area contributed by atoms with E-state index in [1.54, 1.807) is 18.2 Å². The van der Waals surface area contributed by atoms with Crippen LogP contribution in [0.1, 0.15) is 57.3 Å². The quantitative estimate of drug-likeness (QED) is 0.267. The molecule has 2 aromatic rings. The first-order valence-corrected chi connectivity index (χ1v) is 13.5. The van der Waals surface area contributed by atoms with Crippen molar-refractivity contribution in [2.75, 3.05) is 11.9 Å². The fourth-order valence-corrected chi connectivity index (χ4v) is 4.70. The molecule has 10 nitrogen and oxygen atoms in total. The number of fused-ring (bicyclic) bond motifs is 2. The number of carbonyl (C=O) groups excluding carboxylic acids is 3. The fraction of sp³-hybridized carbons (Fsp3) is 0.483. The molecule has 4 atom stereocenters. The molecule has 0 spiro atoms. The number of anilines is 2. The molecule has 1 saturated heterocycles. The Bertz CT molecular complexity index is 1200. The molecule has 10 heteroatoms. The van der Waals surface area contributed by atoms with Crippen molar-refractivity contribution < 1.29 is 29.0 Å². The highest BCUT2D eigenvalue weighted by atomic mass is 16.6. The van der Waals surface area contributed by atoms with E-state index in [4.69, 9.17) is 9.47 Å². The minimum absolute atomic E-state index is 0.110. The summed E-state index contributed by atoms with van der Waals surface area (Å²) in [5, 5.41) is 21.7. The van der Waals surface area contributed by atoms with Crippen LogP contribution in [-0.4, -0.2) is 53.9 Å². The van der Waals surface area contributed by atoms with Gasteiger partial charge in [-0.25, -0.2) is 0 Å². The lowest BCUT2D eigenvalue weighted by atomic mass is 9.99. The molecular formula is C29H38N4O6. The van der Waals surface area contributed by atoms with Crippen molar-refractivity contribution in [3.8, 4) is 11.5 Å². The molecule has 2 aromatic carbocycles. The van der Waals surface area contributed by atoms with Gasteiger partial charge in [0.2, 0.25) is 11.8 Å². The van der Waals surface area contributed by atoms with Gasteiger partial charge < -0.3 is 35.8 Å². The normalized spacial score (nSPS) is 19.3. The third kappa shape index (κ3) is 7.27. The van der Waals surface area contributed by atoms with E-state index in [-0.39, 0.29) is 17.7 Å². The van der Waals surface area contributed by atoms with Gasteiger partial charge in [-0.3, -0.25) is 14.4 Å². The molecule has 210 valence electrons. The molecule has 0 aliphatic carbocycles. The van der Waals surface area contributed by atoms with Gasteiger partial charge in [0.05, 0.1) is 24.0 Å². The maximum absolute atomic E-state index is 13.4. The average molecular weight is 539 g/mol. The van der Waals surface area contributed by atoms with Crippen molar-refractivity contribution in [3.05, 3.63) is 48.0 Å². The largest absolute Gasteiger partial charge is 0.453 e. The number of hydrogen-bond donors (Lipinski definition) is 5. The van der Waals surface area contributed by atoms with Gasteiger partial charge in [0.1, 0.15) is 12.1 Å². The number of ether oxygens (including phenoxy) is 2. The average Bonchev–Trinajstić information content (AvgIpc) is 3.29. The summed E-state index contributed by atoms with van der Waals surface area (Å²) in [5.41, 5.74) is 1.82. The van der Waals surface area contributed by atoms with E-state index in [1.807, 2.05) is 52.0 Å². The number of para-hydroxylation sites is 2. The Balaban J connectivity index is 1.45. The Hall–Kier alpha value is -3.63. The van der Waals surface area contributed by atoms with Crippen molar-refractivity contribution in [3.63, 3.8) is 0 Å². The predicted octanol–water partition coefficient (Wildman–Crippen LogP) is 3.43. The molecular weight excluding hydrogens is 500 g/mol. The van der Waals surface area contributed by atoms with Gasteiger partial charge in [-0.1, -0.05) is 39.8 Å². The molecule has 0 bridgehead atoms. The molecule has 0 saturated carbocycles. The van der Waals surface area contributed by atoms with E-state index in [0.29, 0.717) is 48.6 Å². The van der Waals surface area contributed by atoms with E-state index >= 15 is 0 Å². The van der Waals surface area contributed by atoms with Crippen molar-refractivity contribution in [2.45, 2.75) is 71.4 Å². The summed E-state index contributed by atoms with van der Waals surface area (Å²) < 4.78 is 11.0. The topological polar surface area (TPSA) is 138 Å². The lowest BCUT2D eigenvalue weighted by molar-refractivity contribution is -0.132. The Morgan fingerprint density at radius 2 is 1.59 bits per heavy atom. The summed E-state index contributed by atoms with van der Waals surface area (Å²) in [7, 11) is 0. The third-order valence-corrected chi connectivity index (χ3v) is 6.68. The lowest BCUT2D eigenvalue weighted by Gasteiger charge is -2.26. The molecule has 0 radical (unpaired) electrons. The first-order chi connectivity index (χ1) is 18.6. The number of benzene rings is 2. The van der Waals surface area contributed by atoms with Crippen LogP contribution in [0.2, 0.25) is 0 Å². The second kappa shape index (κ2) is 12.5. The van der Waals surface area contributed by atoms with Crippen molar-refractivity contribution in [1.82, 2.24) is 16.0 Å². The minimum Gasteiger partial charge on any atom is -0.453 e. The lowest BCUT2D eigenvalue weighted by Crippen LogP contribution is -2.56. The van der Waals surface area contributed by atoms with Gasteiger partial charge in [-0.15, -0.1) is 0 Å². The number of aliphatic hydroxyl groups is 1. The molecule has 0 aromatic heterocycles. The van der Waals surface area contributed by atoms with Crippen LogP contribution in [0, 0.1) is 11.8 Å². The maximum Gasteiger partial charge on any atom is 0.252 e. The Kier molecular flexibility index (Phi) is 9.08. The first kappa shape index (κ1) is 28.4. The fourth-order valence-electron chi connectivity index (χ4n) is 4.70. The van der Waals surface area contributed by atoms with Crippen LogP contribution >= 0.6 is 0 Å². The van der Waals surface area contributed by atoms with Gasteiger partial charge in [-0.2, -0.15) is 0 Å². The number of hydrogen-bond acceptors (Lipinski definition) is 7. The number of aliphatic hydroxyl groups excluding tert-OH is 1. The van der Waals surface area contributed by atoms with Crippen molar-refractivity contribution in [1.29, 1.82) is 0 Å². The van der Waals surface area contributed by atoms with Crippen molar-refractivity contribution >= 4 is 29.1 Å². The zero-order valence-corrected chi connectivity index (χ0v) is 22.8. The van der Waals surface area contributed by atoms with Gasteiger partial charge in [0.15, 0.2) is 17.8 Å². The first-order valence-electron chi connectivity index (χ1n) is 13.5. The van der Waals surface area contributed by atoms with Crippen LogP contribution in [0.25, 0.3) is 0 Å². The van der Waals surface area contributed by atoms with E-state index < -0.39 is 36.2 Å². The predicted molar refractivity (Wildman–Crippen MR) is 147 cm³/mol. The maximum atomic E-state index is 13.4. The summed E-state index contributed by atoms with van der Waals surface area (Å²) in [6, 6.07) is 10.4. The summed E-state index contributed by atoms with van der Waals surface area (Å²) >= 11 is 0. The molecule has 39 heavy (non-hydrogen) atoms. The number of amides is 3. The van der Waals surface area contributed by atoms with Gasteiger partial charge >= 0.3 is 0 Å². The zero-order chi connectivity index (χ0) is 28.1. The molecule has 5 N–H and O–H groups in total. The molecule has 2 aliphatic rings. The molecule has 1 fully saturated rings.